The van der Waals surface area contributed by atoms with Gasteiger partial charge in [-0.05, 0) is 62.8 Å². The van der Waals surface area contributed by atoms with Gasteiger partial charge >= 0.3 is 0 Å². The summed E-state index contributed by atoms with van der Waals surface area (Å²) in [6.07, 6.45) is 1.47. The molecular weight excluding hydrogens is 434 g/mol. The van der Waals surface area contributed by atoms with Gasteiger partial charge in [-0.15, -0.1) is 0 Å². The summed E-state index contributed by atoms with van der Waals surface area (Å²) in [5.41, 5.74) is 5.55. The molecule has 10 heteroatoms. The third kappa shape index (κ3) is 6.16. The monoisotopic (exact) mass is 463 g/mol. The van der Waals surface area contributed by atoms with E-state index in [9.17, 15) is 13.5 Å². The van der Waals surface area contributed by atoms with Gasteiger partial charge in [0.25, 0.3) is 0 Å². The van der Waals surface area contributed by atoms with E-state index < -0.39 is 10.0 Å². The fourth-order valence-corrected chi connectivity index (χ4v) is 3.94. The minimum absolute atomic E-state index is 0.117. The fourth-order valence-electron chi connectivity index (χ4n) is 2.84. The molecule has 2 aromatic carbocycles. The molecule has 3 N–H and O–H groups in total. The van der Waals surface area contributed by atoms with E-state index in [2.05, 4.69) is 34.6 Å². The number of benzene rings is 2. The SMILES string of the molecule is CCN(CC)c1ccc(/C=N\NC(=S)Nc2cc(S(=O)(=O)N(C)C)ccc2C)c(O)c1. The second-order valence-electron chi connectivity index (χ2n) is 7.00. The summed E-state index contributed by atoms with van der Waals surface area (Å²) in [7, 11) is -0.596. The standard InChI is InChI=1S/C21H29N5O3S2/c1-6-26(7-2)17-10-9-16(20(27)12-17)14-22-24-21(30)23-19-13-18(11-8-15(19)3)31(28,29)25(4)5/h8-14,27H,6-7H2,1-5H3,(H2,23,24,30)/b22-14-. The molecule has 0 atom stereocenters. The minimum Gasteiger partial charge on any atom is -0.507 e. The van der Waals surface area contributed by atoms with Crippen LogP contribution in [0.1, 0.15) is 25.0 Å². The van der Waals surface area contributed by atoms with Crippen molar-refractivity contribution in [2.24, 2.45) is 5.10 Å². The first-order valence-electron chi connectivity index (χ1n) is 9.81. The normalized spacial score (nSPS) is 11.7. The molecule has 0 saturated carbocycles. The van der Waals surface area contributed by atoms with Crippen LogP contribution in [0.25, 0.3) is 0 Å². The highest BCUT2D eigenvalue weighted by Crippen LogP contribution is 2.24. The van der Waals surface area contributed by atoms with Crippen molar-refractivity contribution < 1.29 is 13.5 Å². The lowest BCUT2D eigenvalue weighted by molar-refractivity contribution is 0.474. The zero-order valence-electron chi connectivity index (χ0n) is 18.4. The first kappa shape index (κ1) is 24.6. The zero-order chi connectivity index (χ0) is 23.2. The molecular formula is C21H29N5O3S2. The summed E-state index contributed by atoms with van der Waals surface area (Å²) in [5, 5.41) is 17.5. The largest absolute Gasteiger partial charge is 0.507 e. The molecule has 0 fully saturated rings. The van der Waals surface area contributed by atoms with Gasteiger partial charge in [0, 0.05) is 50.2 Å². The maximum absolute atomic E-state index is 12.3. The maximum Gasteiger partial charge on any atom is 0.242 e. The van der Waals surface area contributed by atoms with Crippen molar-refractivity contribution >= 4 is 44.9 Å². The van der Waals surface area contributed by atoms with Crippen molar-refractivity contribution in [3.8, 4) is 5.75 Å². The highest BCUT2D eigenvalue weighted by molar-refractivity contribution is 7.89. The Morgan fingerprint density at radius 2 is 1.84 bits per heavy atom. The summed E-state index contributed by atoms with van der Waals surface area (Å²) < 4.78 is 25.8. The number of phenolic OH excluding ortho intramolecular Hbond substituents is 1. The number of hydrogen-bond donors (Lipinski definition) is 3. The van der Waals surface area contributed by atoms with Gasteiger partial charge in [0.2, 0.25) is 10.0 Å². The van der Waals surface area contributed by atoms with Crippen LogP contribution in [0.3, 0.4) is 0 Å². The predicted octanol–water partition coefficient (Wildman–Crippen LogP) is 3.12. The first-order valence-corrected chi connectivity index (χ1v) is 11.7. The van der Waals surface area contributed by atoms with E-state index in [4.69, 9.17) is 12.2 Å². The quantitative estimate of drug-likeness (QED) is 0.314. The Morgan fingerprint density at radius 1 is 1.16 bits per heavy atom. The van der Waals surface area contributed by atoms with Gasteiger partial charge in [0.15, 0.2) is 5.11 Å². The molecule has 0 saturated heterocycles. The molecule has 0 heterocycles. The molecule has 8 nitrogen and oxygen atoms in total. The Bertz CT molecular complexity index is 1060. The van der Waals surface area contributed by atoms with E-state index in [-0.39, 0.29) is 15.8 Å². The number of aromatic hydroxyl groups is 1. The molecule has 0 spiro atoms. The van der Waals surface area contributed by atoms with Crippen molar-refractivity contribution in [3.63, 3.8) is 0 Å². The number of sulfonamides is 1. The molecule has 0 unspecified atom stereocenters. The van der Waals surface area contributed by atoms with E-state index in [0.29, 0.717) is 11.3 Å². The zero-order valence-corrected chi connectivity index (χ0v) is 20.0. The third-order valence-electron chi connectivity index (χ3n) is 4.75. The summed E-state index contributed by atoms with van der Waals surface area (Å²) in [6, 6.07) is 10.2. The van der Waals surface area contributed by atoms with Crippen molar-refractivity contribution in [3.05, 3.63) is 47.5 Å². The average molecular weight is 464 g/mol. The second kappa shape index (κ2) is 10.6. The number of thiocarbonyl (C=S) groups is 1. The molecule has 168 valence electrons. The molecule has 0 aliphatic rings. The third-order valence-corrected chi connectivity index (χ3v) is 6.75. The average Bonchev–Trinajstić information content (AvgIpc) is 2.71. The van der Waals surface area contributed by atoms with E-state index >= 15 is 0 Å². The number of nitrogens with zero attached hydrogens (tertiary/aromatic N) is 3. The van der Waals surface area contributed by atoms with Crippen molar-refractivity contribution in [1.29, 1.82) is 0 Å². The molecule has 0 radical (unpaired) electrons. The number of aryl methyl sites for hydroxylation is 1. The Balaban J connectivity index is 2.08. The number of hydrogen-bond acceptors (Lipinski definition) is 6. The number of anilines is 2. The topological polar surface area (TPSA) is 97.3 Å². The molecule has 2 rings (SSSR count). The van der Waals surface area contributed by atoms with Crippen LogP contribution in [0.5, 0.6) is 5.75 Å². The molecule has 31 heavy (non-hydrogen) atoms. The smallest absolute Gasteiger partial charge is 0.242 e. The van der Waals surface area contributed by atoms with E-state index in [1.165, 1.54) is 26.4 Å². The molecule has 0 aliphatic carbocycles. The van der Waals surface area contributed by atoms with Crippen LogP contribution in [0, 0.1) is 6.92 Å². The Hall–Kier alpha value is -2.69. The lowest BCUT2D eigenvalue weighted by Gasteiger charge is -2.21. The van der Waals surface area contributed by atoms with Crippen LogP contribution in [-0.2, 0) is 10.0 Å². The lowest BCUT2D eigenvalue weighted by atomic mass is 10.2. The summed E-state index contributed by atoms with van der Waals surface area (Å²) >= 11 is 5.25. The van der Waals surface area contributed by atoms with Crippen molar-refractivity contribution in [2.75, 3.05) is 37.4 Å². The second-order valence-corrected chi connectivity index (χ2v) is 9.56. The highest BCUT2D eigenvalue weighted by atomic mass is 32.2. The van der Waals surface area contributed by atoms with Crippen LogP contribution in [0.2, 0.25) is 0 Å². The molecule has 0 aromatic heterocycles. The van der Waals surface area contributed by atoms with Crippen LogP contribution in [0.4, 0.5) is 11.4 Å². The van der Waals surface area contributed by atoms with Crippen molar-refractivity contribution in [1.82, 2.24) is 9.73 Å². The molecule has 2 aromatic rings. The molecule has 0 bridgehead atoms. The van der Waals surface area contributed by atoms with Crippen LogP contribution < -0.4 is 15.6 Å². The first-order chi connectivity index (χ1) is 14.6. The highest BCUT2D eigenvalue weighted by Gasteiger charge is 2.18. The van der Waals surface area contributed by atoms with E-state index in [1.807, 2.05) is 13.0 Å². The van der Waals surface area contributed by atoms with Gasteiger partial charge in [-0.1, -0.05) is 6.07 Å². The van der Waals surface area contributed by atoms with Gasteiger partial charge in [-0.25, -0.2) is 12.7 Å². The fraction of sp³-hybridized carbons (Fsp3) is 0.333. The number of phenols is 1. The van der Waals surface area contributed by atoms with Gasteiger partial charge in [0.1, 0.15) is 5.75 Å². The van der Waals surface area contributed by atoms with Gasteiger partial charge in [-0.2, -0.15) is 5.10 Å². The number of hydrazone groups is 1. The van der Waals surface area contributed by atoms with Gasteiger partial charge < -0.3 is 15.3 Å². The van der Waals surface area contributed by atoms with Gasteiger partial charge in [0.05, 0.1) is 11.1 Å². The number of rotatable bonds is 8. The molecule has 0 aliphatic heterocycles. The summed E-state index contributed by atoms with van der Waals surface area (Å²) in [5.74, 6) is 0.117. The molecule has 0 amide bonds. The summed E-state index contributed by atoms with van der Waals surface area (Å²) in [4.78, 5) is 2.29. The number of nitrogens with one attached hydrogen (secondary N) is 2. The minimum atomic E-state index is -3.55. The van der Waals surface area contributed by atoms with E-state index in [1.54, 1.807) is 24.3 Å². The Morgan fingerprint density at radius 3 is 2.42 bits per heavy atom. The van der Waals surface area contributed by atoms with Gasteiger partial charge in [-0.3, -0.25) is 5.43 Å². The van der Waals surface area contributed by atoms with Crippen LogP contribution >= 0.6 is 12.2 Å². The van der Waals surface area contributed by atoms with Crippen molar-refractivity contribution in [2.45, 2.75) is 25.7 Å². The van der Waals surface area contributed by atoms with Crippen LogP contribution in [0.15, 0.2) is 46.4 Å². The Labute approximate surface area is 189 Å². The summed E-state index contributed by atoms with van der Waals surface area (Å²) in [6.45, 7) is 7.65. The maximum atomic E-state index is 12.3. The predicted molar refractivity (Wildman–Crippen MR) is 131 cm³/mol. The Kier molecular flexibility index (Phi) is 8.37. The lowest BCUT2D eigenvalue weighted by Crippen LogP contribution is -2.25. The van der Waals surface area contributed by atoms with E-state index in [0.717, 1.165) is 28.6 Å². The van der Waals surface area contributed by atoms with Crippen LogP contribution in [-0.4, -0.2) is 56.3 Å².